The van der Waals surface area contributed by atoms with Gasteiger partial charge >= 0.3 is 0 Å². The second-order valence-corrected chi connectivity index (χ2v) is 4.81. The number of benzene rings is 1. The fourth-order valence-electron chi connectivity index (χ4n) is 1.60. The van der Waals surface area contributed by atoms with Crippen molar-refractivity contribution in [3.63, 3.8) is 0 Å². The minimum atomic E-state index is -0.158. The fourth-order valence-corrected chi connectivity index (χ4v) is 1.60. The summed E-state index contributed by atoms with van der Waals surface area (Å²) in [6.07, 6.45) is 0.896. The number of ether oxygens (including phenoxy) is 1. The number of carbonyl (C=O) groups excluding carboxylic acids is 1. The summed E-state index contributed by atoms with van der Waals surface area (Å²) in [5.41, 5.74) is 6.03. The van der Waals surface area contributed by atoms with Crippen LogP contribution in [-0.4, -0.2) is 55.6 Å². The summed E-state index contributed by atoms with van der Waals surface area (Å²) in [5.74, 6) is 0.419. The van der Waals surface area contributed by atoms with Crippen LogP contribution in [0.4, 0.5) is 0 Å². The molecule has 0 atom stereocenters. The molecule has 0 saturated carbocycles. The van der Waals surface area contributed by atoms with E-state index in [4.69, 9.17) is 15.7 Å². The Labute approximate surface area is 124 Å². The van der Waals surface area contributed by atoms with Crippen LogP contribution in [0.15, 0.2) is 29.4 Å². The summed E-state index contributed by atoms with van der Waals surface area (Å²) in [4.78, 5) is 13.6. The van der Waals surface area contributed by atoms with Crippen LogP contribution < -0.4 is 15.8 Å². The molecule has 0 aromatic heterocycles. The van der Waals surface area contributed by atoms with Gasteiger partial charge in [-0.3, -0.25) is 4.79 Å². The van der Waals surface area contributed by atoms with Gasteiger partial charge in [0.2, 0.25) is 0 Å². The first-order chi connectivity index (χ1) is 10.0. The number of nitrogens with one attached hydrogen (secondary N) is 1. The number of nitrogens with two attached hydrogens (primary N) is 1. The second kappa shape index (κ2) is 8.80. The van der Waals surface area contributed by atoms with E-state index >= 15 is 0 Å². The number of amidine groups is 1. The van der Waals surface area contributed by atoms with Crippen molar-refractivity contribution in [2.45, 2.75) is 6.42 Å². The molecule has 4 N–H and O–H groups in total. The van der Waals surface area contributed by atoms with E-state index < -0.39 is 0 Å². The third-order valence-corrected chi connectivity index (χ3v) is 2.73. The van der Waals surface area contributed by atoms with Crippen molar-refractivity contribution >= 4 is 11.7 Å². The molecule has 1 aromatic rings. The first kappa shape index (κ1) is 16.8. The van der Waals surface area contributed by atoms with Crippen molar-refractivity contribution in [3.8, 4) is 5.75 Å². The summed E-state index contributed by atoms with van der Waals surface area (Å²) in [7, 11) is 3.98. The van der Waals surface area contributed by atoms with E-state index in [0.29, 0.717) is 17.9 Å². The largest absolute Gasteiger partial charge is 0.484 e. The van der Waals surface area contributed by atoms with E-state index in [1.54, 1.807) is 24.3 Å². The SMILES string of the molecule is CN(C)CCCNC(=O)COc1ccc(/C(N)=N/O)cc1. The van der Waals surface area contributed by atoms with E-state index in [9.17, 15) is 4.79 Å². The molecule has 0 aliphatic heterocycles. The Morgan fingerprint density at radius 3 is 2.62 bits per heavy atom. The first-order valence-corrected chi connectivity index (χ1v) is 6.65. The van der Waals surface area contributed by atoms with E-state index in [1.807, 2.05) is 14.1 Å². The monoisotopic (exact) mass is 294 g/mol. The zero-order valence-corrected chi connectivity index (χ0v) is 12.4. The van der Waals surface area contributed by atoms with Gasteiger partial charge in [0.05, 0.1) is 0 Å². The third kappa shape index (κ3) is 6.62. The molecule has 0 spiro atoms. The summed E-state index contributed by atoms with van der Waals surface area (Å²) < 4.78 is 5.35. The van der Waals surface area contributed by atoms with Crippen LogP contribution in [0.5, 0.6) is 5.75 Å². The highest BCUT2D eigenvalue weighted by molar-refractivity contribution is 5.97. The van der Waals surface area contributed by atoms with Gasteiger partial charge in [-0.2, -0.15) is 0 Å². The minimum Gasteiger partial charge on any atom is -0.484 e. The van der Waals surface area contributed by atoms with Crippen LogP contribution in [-0.2, 0) is 4.79 Å². The Morgan fingerprint density at radius 1 is 1.38 bits per heavy atom. The van der Waals surface area contributed by atoms with E-state index in [-0.39, 0.29) is 18.3 Å². The standard InChI is InChI=1S/C14H22N4O3/c1-18(2)9-3-8-16-13(19)10-21-12-6-4-11(5-7-12)14(15)17-20/h4-7,20H,3,8-10H2,1-2H3,(H2,15,17)(H,16,19). The van der Waals surface area contributed by atoms with Gasteiger partial charge in [0.25, 0.3) is 5.91 Å². The lowest BCUT2D eigenvalue weighted by Gasteiger charge is -2.10. The molecule has 1 amide bonds. The Kier molecular flexibility index (Phi) is 7.03. The van der Waals surface area contributed by atoms with Crippen LogP contribution in [0.2, 0.25) is 0 Å². The van der Waals surface area contributed by atoms with Gasteiger partial charge in [-0.15, -0.1) is 0 Å². The van der Waals surface area contributed by atoms with Crippen LogP contribution in [0.3, 0.4) is 0 Å². The molecule has 1 aromatic carbocycles. The van der Waals surface area contributed by atoms with E-state index in [1.165, 1.54) is 0 Å². The highest BCUT2D eigenvalue weighted by atomic mass is 16.5. The van der Waals surface area contributed by atoms with Gasteiger partial charge in [-0.05, 0) is 51.3 Å². The number of carbonyl (C=O) groups is 1. The molecule has 0 radical (unpaired) electrons. The van der Waals surface area contributed by atoms with Crippen molar-refractivity contribution in [2.75, 3.05) is 33.8 Å². The van der Waals surface area contributed by atoms with Crippen molar-refractivity contribution in [1.29, 1.82) is 0 Å². The number of nitrogens with zero attached hydrogens (tertiary/aromatic N) is 2. The molecule has 0 aliphatic rings. The maximum atomic E-state index is 11.6. The Balaban J connectivity index is 2.30. The maximum absolute atomic E-state index is 11.6. The molecule has 0 heterocycles. The highest BCUT2D eigenvalue weighted by Crippen LogP contribution is 2.11. The van der Waals surface area contributed by atoms with Crippen LogP contribution in [0.25, 0.3) is 0 Å². The molecule has 116 valence electrons. The Hall–Kier alpha value is -2.28. The summed E-state index contributed by atoms with van der Waals surface area (Å²) in [6.45, 7) is 1.52. The third-order valence-electron chi connectivity index (χ3n) is 2.73. The molecule has 0 saturated heterocycles. The summed E-state index contributed by atoms with van der Waals surface area (Å²) >= 11 is 0. The molecule has 0 unspecified atom stereocenters. The van der Waals surface area contributed by atoms with Crippen molar-refractivity contribution in [2.24, 2.45) is 10.9 Å². The van der Waals surface area contributed by atoms with Crippen LogP contribution in [0.1, 0.15) is 12.0 Å². The molecule has 0 fully saturated rings. The van der Waals surface area contributed by atoms with Crippen molar-refractivity contribution in [3.05, 3.63) is 29.8 Å². The topological polar surface area (TPSA) is 100 Å². The average Bonchev–Trinajstić information content (AvgIpc) is 2.49. The average molecular weight is 294 g/mol. The lowest BCUT2D eigenvalue weighted by atomic mass is 10.2. The molecule has 7 heteroatoms. The number of hydrogen-bond donors (Lipinski definition) is 3. The van der Waals surface area contributed by atoms with Gasteiger partial charge in [-0.25, -0.2) is 0 Å². The fraction of sp³-hybridized carbons (Fsp3) is 0.429. The zero-order chi connectivity index (χ0) is 15.7. The molecular weight excluding hydrogens is 272 g/mol. The Bertz CT molecular complexity index is 472. The van der Waals surface area contributed by atoms with Crippen LogP contribution >= 0.6 is 0 Å². The van der Waals surface area contributed by atoms with Crippen molar-refractivity contribution in [1.82, 2.24) is 10.2 Å². The van der Waals surface area contributed by atoms with Crippen molar-refractivity contribution < 1.29 is 14.7 Å². The lowest BCUT2D eigenvalue weighted by molar-refractivity contribution is -0.123. The molecule has 1 rings (SSSR count). The van der Waals surface area contributed by atoms with Gasteiger partial charge in [-0.1, -0.05) is 5.16 Å². The predicted octanol–water partition coefficient (Wildman–Crippen LogP) is 0.228. The van der Waals surface area contributed by atoms with Gasteiger partial charge in [0.15, 0.2) is 12.4 Å². The molecule has 0 aliphatic carbocycles. The van der Waals surface area contributed by atoms with Gasteiger partial charge < -0.3 is 25.9 Å². The number of hydrogen-bond acceptors (Lipinski definition) is 5. The number of oxime groups is 1. The predicted molar refractivity (Wildman–Crippen MR) is 80.6 cm³/mol. The quantitative estimate of drug-likeness (QED) is 0.209. The normalized spacial score (nSPS) is 11.5. The van der Waals surface area contributed by atoms with Crippen LogP contribution in [0, 0.1) is 0 Å². The van der Waals surface area contributed by atoms with Gasteiger partial charge in [0.1, 0.15) is 5.75 Å². The zero-order valence-electron chi connectivity index (χ0n) is 12.4. The molecular formula is C14H22N4O3. The molecule has 21 heavy (non-hydrogen) atoms. The smallest absolute Gasteiger partial charge is 0.257 e. The number of amides is 1. The lowest BCUT2D eigenvalue weighted by Crippen LogP contribution is -2.31. The summed E-state index contributed by atoms with van der Waals surface area (Å²) in [5, 5.41) is 14.2. The highest BCUT2D eigenvalue weighted by Gasteiger charge is 2.03. The Morgan fingerprint density at radius 2 is 2.05 bits per heavy atom. The minimum absolute atomic E-state index is 0.0279. The maximum Gasteiger partial charge on any atom is 0.257 e. The van der Waals surface area contributed by atoms with E-state index in [2.05, 4.69) is 15.4 Å². The second-order valence-electron chi connectivity index (χ2n) is 4.81. The summed E-state index contributed by atoms with van der Waals surface area (Å²) in [6, 6.07) is 6.62. The number of rotatable bonds is 8. The molecule has 0 bridgehead atoms. The molecule has 7 nitrogen and oxygen atoms in total. The van der Waals surface area contributed by atoms with E-state index in [0.717, 1.165) is 13.0 Å². The van der Waals surface area contributed by atoms with Gasteiger partial charge in [0, 0.05) is 12.1 Å². The first-order valence-electron chi connectivity index (χ1n) is 6.65.